The van der Waals surface area contributed by atoms with Crippen LogP contribution in [0.25, 0.3) is 0 Å². The maximum atomic E-state index is 12.1. The first-order valence-electron chi connectivity index (χ1n) is 6.25. The summed E-state index contributed by atoms with van der Waals surface area (Å²) in [4.78, 5) is 17.3. The standard InChI is InChI=1S/C13H17BrN2OS/c1-7-9(16-11(14)18-7)10(17)15-8-4-13(8)5-12(2,3)6-13/h8H,4-6H2,1-3H3,(H,15,17). The molecule has 0 radical (unpaired) electrons. The molecule has 1 amide bonds. The van der Waals surface area contributed by atoms with E-state index in [1.165, 1.54) is 24.2 Å². The molecule has 2 saturated carbocycles. The Kier molecular flexibility index (Phi) is 2.66. The van der Waals surface area contributed by atoms with Crippen molar-refractivity contribution < 1.29 is 4.79 Å². The average Bonchev–Trinajstić information content (AvgIpc) is 2.72. The Morgan fingerprint density at radius 2 is 2.17 bits per heavy atom. The molecule has 1 N–H and O–H groups in total. The third-order valence-electron chi connectivity index (χ3n) is 4.14. The number of aryl methyl sites for hydroxylation is 1. The van der Waals surface area contributed by atoms with Gasteiger partial charge in [0.25, 0.3) is 5.91 Å². The summed E-state index contributed by atoms with van der Waals surface area (Å²) < 4.78 is 0.778. The number of hydrogen-bond acceptors (Lipinski definition) is 3. The van der Waals surface area contributed by atoms with Gasteiger partial charge in [-0.05, 0) is 52.9 Å². The van der Waals surface area contributed by atoms with Crippen LogP contribution in [0.5, 0.6) is 0 Å². The molecule has 0 saturated heterocycles. The van der Waals surface area contributed by atoms with Crippen LogP contribution in [-0.4, -0.2) is 16.9 Å². The van der Waals surface area contributed by atoms with Crippen molar-refractivity contribution in [3.63, 3.8) is 0 Å². The highest BCUT2D eigenvalue weighted by atomic mass is 79.9. The quantitative estimate of drug-likeness (QED) is 0.902. The van der Waals surface area contributed by atoms with E-state index in [2.05, 4.69) is 40.1 Å². The predicted molar refractivity (Wildman–Crippen MR) is 75.9 cm³/mol. The van der Waals surface area contributed by atoms with Crippen molar-refractivity contribution >= 4 is 33.2 Å². The van der Waals surface area contributed by atoms with Crippen molar-refractivity contribution in [1.82, 2.24) is 10.3 Å². The van der Waals surface area contributed by atoms with Crippen molar-refractivity contribution in [1.29, 1.82) is 0 Å². The summed E-state index contributed by atoms with van der Waals surface area (Å²) in [7, 11) is 0. The summed E-state index contributed by atoms with van der Waals surface area (Å²) >= 11 is 4.83. The Balaban J connectivity index is 1.63. The molecule has 5 heteroatoms. The minimum atomic E-state index is -0.0129. The van der Waals surface area contributed by atoms with Crippen molar-refractivity contribution in [3.05, 3.63) is 14.5 Å². The summed E-state index contributed by atoms with van der Waals surface area (Å²) in [5, 5.41) is 3.14. The monoisotopic (exact) mass is 328 g/mol. The molecule has 3 rings (SSSR count). The molecule has 2 fully saturated rings. The van der Waals surface area contributed by atoms with Crippen molar-refractivity contribution in [2.45, 2.75) is 46.1 Å². The Bertz CT molecular complexity index is 515. The summed E-state index contributed by atoms with van der Waals surface area (Å²) in [6.45, 7) is 6.54. The van der Waals surface area contributed by atoms with Gasteiger partial charge in [0.2, 0.25) is 0 Å². The second kappa shape index (κ2) is 3.79. The number of amides is 1. The molecule has 0 aliphatic heterocycles. The normalized spacial score (nSPS) is 26.8. The maximum Gasteiger partial charge on any atom is 0.271 e. The Hall–Kier alpha value is -0.420. The van der Waals surface area contributed by atoms with Crippen LogP contribution in [0, 0.1) is 17.8 Å². The first-order chi connectivity index (χ1) is 8.31. The van der Waals surface area contributed by atoms with Gasteiger partial charge in [0.15, 0.2) is 3.92 Å². The molecule has 2 aliphatic rings. The molecular weight excluding hydrogens is 312 g/mol. The smallest absolute Gasteiger partial charge is 0.271 e. The fraction of sp³-hybridized carbons (Fsp3) is 0.692. The van der Waals surface area contributed by atoms with E-state index in [9.17, 15) is 4.79 Å². The Morgan fingerprint density at radius 3 is 2.67 bits per heavy atom. The minimum absolute atomic E-state index is 0.0129. The maximum absolute atomic E-state index is 12.1. The van der Waals surface area contributed by atoms with Crippen molar-refractivity contribution in [3.8, 4) is 0 Å². The molecule has 1 heterocycles. The van der Waals surface area contributed by atoms with Gasteiger partial charge < -0.3 is 5.32 Å². The SMILES string of the molecule is Cc1sc(Br)nc1C(=O)NC1CC12CC(C)(C)C2. The average molecular weight is 329 g/mol. The highest BCUT2D eigenvalue weighted by molar-refractivity contribution is 9.11. The predicted octanol–water partition coefficient (Wildman–Crippen LogP) is 3.52. The van der Waals surface area contributed by atoms with E-state index in [-0.39, 0.29) is 5.91 Å². The molecule has 1 aromatic heterocycles. The van der Waals surface area contributed by atoms with E-state index in [0.717, 1.165) is 15.2 Å². The zero-order valence-electron chi connectivity index (χ0n) is 10.8. The lowest BCUT2D eigenvalue weighted by molar-refractivity contribution is 0.0635. The minimum Gasteiger partial charge on any atom is -0.347 e. The summed E-state index contributed by atoms with van der Waals surface area (Å²) in [6.07, 6.45) is 3.63. The molecule has 18 heavy (non-hydrogen) atoms. The zero-order chi connectivity index (χ0) is 13.1. The third-order valence-corrected chi connectivity index (χ3v) is 5.56. The van der Waals surface area contributed by atoms with Gasteiger partial charge in [0.1, 0.15) is 5.69 Å². The lowest BCUT2D eigenvalue weighted by Crippen LogP contribution is -2.40. The largest absolute Gasteiger partial charge is 0.347 e. The molecule has 2 aliphatic carbocycles. The van der Waals surface area contributed by atoms with Crippen LogP contribution in [0.1, 0.15) is 48.5 Å². The summed E-state index contributed by atoms with van der Waals surface area (Å²) in [5.41, 5.74) is 1.46. The third kappa shape index (κ3) is 2.01. The number of carbonyl (C=O) groups excluding carboxylic acids is 1. The van der Waals surface area contributed by atoms with Crippen molar-refractivity contribution in [2.75, 3.05) is 0 Å². The van der Waals surface area contributed by atoms with Crippen LogP contribution in [0.3, 0.4) is 0 Å². The molecule has 98 valence electrons. The number of thiazole rings is 1. The van der Waals surface area contributed by atoms with Gasteiger partial charge in [0, 0.05) is 10.9 Å². The Labute approximate surface area is 120 Å². The van der Waals surface area contributed by atoms with Crippen LogP contribution >= 0.6 is 27.3 Å². The van der Waals surface area contributed by atoms with Gasteiger partial charge in [-0.2, -0.15) is 0 Å². The topological polar surface area (TPSA) is 42.0 Å². The van der Waals surface area contributed by atoms with Gasteiger partial charge in [0.05, 0.1) is 0 Å². The van der Waals surface area contributed by atoms with Gasteiger partial charge in [-0.15, -0.1) is 11.3 Å². The number of nitrogens with zero attached hydrogens (tertiary/aromatic N) is 1. The molecule has 1 unspecified atom stereocenters. The first kappa shape index (κ1) is 12.6. The van der Waals surface area contributed by atoms with Crippen LogP contribution in [0.2, 0.25) is 0 Å². The molecule has 0 aromatic carbocycles. The summed E-state index contributed by atoms with van der Waals surface area (Å²) in [5.74, 6) is -0.0129. The van der Waals surface area contributed by atoms with Crippen LogP contribution in [0.4, 0.5) is 0 Å². The van der Waals surface area contributed by atoms with E-state index < -0.39 is 0 Å². The second-order valence-corrected chi connectivity index (χ2v) is 8.96. The Morgan fingerprint density at radius 1 is 1.50 bits per heavy atom. The van der Waals surface area contributed by atoms with Crippen LogP contribution in [0.15, 0.2) is 3.92 Å². The van der Waals surface area contributed by atoms with Crippen molar-refractivity contribution in [2.24, 2.45) is 10.8 Å². The van der Waals surface area contributed by atoms with Crippen LogP contribution in [-0.2, 0) is 0 Å². The van der Waals surface area contributed by atoms with E-state index in [0.29, 0.717) is 22.6 Å². The number of nitrogens with one attached hydrogen (secondary N) is 1. The highest BCUT2D eigenvalue weighted by Gasteiger charge is 2.64. The number of aromatic nitrogens is 1. The summed E-state index contributed by atoms with van der Waals surface area (Å²) in [6, 6.07) is 0.373. The van der Waals surface area contributed by atoms with E-state index in [4.69, 9.17) is 0 Å². The van der Waals surface area contributed by atoms with Gasteiger partial charge in [-0.3, -0.25) is 4.79 Å². The fourth-order valence-corrected chi connectivity index (χ4v) is 5.13. The molecule has 1 spiro atoms. The van der Waals surface area contributed by atoms with Crippen LogP contribution < -0.4 is 5.32 Å². The van der Waals surface area contributed by atoms with E-state index in [1.54, 1.807) is 0 Å². The molecule has 3 nitrogen and oxygen atoms in total. The van der Waals surface area contributed by atoms with Gasteiger partial charge in [-0.1, -0.05) is 13.8 Å². The molecule has 1 aromatic rings. The zero-order valence-corrected chi connectivity index (χ0v) is 13.2. The number of carbonyl (C=O) groups is 1. The molecule has 1 atom stereocenters. The molecule has 0 bridgehead atoms. The van der Waals surface area contributed by atoms with Gasteiger partial charge >= 0.3 is 0 Å². The lowest BCUT2D eigenvalue weighted by Gasteiger charge is -2.44. The number of hydrogen-bond donors (Lipinski definition) is 1. The fourth-order valence-electron chi connectivity index (χ4n) is 3.60. The first-order valence-corrected chi connectivity index (χ1v) is 7.86. The number of halogens is 1. The van der Waals surface area contributed by atoms with E-state index >= 15 is 0 Å². The highest BCUT2D eigenvalue weighted by Crippen LogP contribution is 2.68. The second-order valence-electron chi connectivity index (χ2n) is 6.48. The lowest BCUT2D eigenvalue weighted by atomic mass is 9.61. The molecular formula is C13H17BrN2OS. The number of rotatable bonds is 2. The van der Waals surface area contributed by atoms with E-state index in [1.807, 2.05) is 6.92 Å². The van der Waals surface area contributed by atoms with Gasteiger partial charge in [-0.25, -0.2) is 4.98 Å².